The lowest BCUT2D eigenvalue weighted by Crippen LogP contribution is -2.35. The van der Waals surface area contributed by atoms with Gasteiger partial charge in [-0.3, -0.25) is 19.3 Å². The molecule has 1 rings (SSSR count). The zero-order chi connectivity index (χ0) is 24.0. The molecule has 1 unspecified atom stereocenters. The summed E-state index contributed by atoms with van der Waals surface area (Å²) in [5.41, 5.74) is 0. The monoisotopic (exact) mass is 454 g/mol. The lowest BCUT2D eigenvalue weighted by Gasteiger charge is -2.13. The third-order valence-corrected chi connectivity index (χ3v) is 4.35. The van der Waals surface area contributed by atoms with Gasteiger partial charge in [-0.15, -0.1) is 0 Å². The molecule has 1 atom stereocenters. The number of carbonyl (C=O) groups excluding carboxylic acids is 3. The molecule has 0 radical (unpaired) electrons. The van der Waals surface area contributed by atoms with E-state index in [0.29, 0.717) is 52.1 Å². The number of imide groups is 1. The molecule has 1 aliphatic rings. The SMILES string of the molecule is C=N.CCC(C)/C=C\NCCOCCOCCOCCNC(=O)CCN1C(=O)C=CC1=O. The standard InChI is InChI=1S/C21H35N3O6.CH3N/c1-3-18(2)6-8-22-9-12-28-14-16-30-17-15-29-13-10-23-19(25)7-11-24-20(26)4-5-21(24)27;1-2/h4-6,8,18,22H,3,7,9-17H2,1-2H3,(H,23,25);2H,1H2/b8-6-;. The molecule has 0 aromatic rings. The number of ether oxygens (including phenoxy) is 3. The van der Waals surface area contributed by atoms with Crippen molar-refractivity contribution in [2.45, 2.75) is 26.7 Å². The lowest BCUT2D eigenvalue weighted by molar-refractivity contribution is -0.137. The number of nitrogens with one attached hydrogen (secondary N) is 3. The van der Waals surface area contributed by atoms with E-state index >= 15 is 0 Å². The van der Waals surface area contributed by atoms with Gasteiger partial charge < -0.3 is 30.3 Å². The molecule has 0 saturated heterocycles. The second kappa shape index (κ2) is 20.3. The maximum absolute atomic E-state index is 11.7. The molecule has 182 valence electrons. The van der Waals surface area contributed by atoms with Crippen molar-refractivity contribution in [3.8, 4) is 0 Å². The summed E-state index contributed by atoms with van der Waals surface area (Å²) in [6, 6.07) is 0. The number of hydrogen-bond donors (Lipinski definition) is 3. The average Bonchev–Trinajstić information content (AvgIpc) is 3.13. The van der Waals surface area contributed by atoms with E-state index in [1.54, 1.807) is 0 Å². The second-order valence-electron chi connectivity index (χ2n) is 6.80. The van der Waals surface area contributed by atoms with Gasteiger partial charge in [0, 0.05) is 38.2 Å². The van der Waals surface area contributed by atoms with Crippen molar-refractivity contribution in [2.24, 2.45) is 5.92 Å². The van der Waals surface area contributed by atoms with Crippen molar-refractivity contribution in [1.82, 2.24) is 15.5 Å². The minimum atomic E-state index is -0.382. The van der Waals surface area contributed by atoms with Crippen molar-refractivity contribution in [1.29, 1.82) is 5.41 Å². The Morgan fingerprint density at radius 1 is 1.03 bits per heavy atom. The Hall–Kier alpha value is -2.56. The Morgan fingerprint density at radius 3 is 2.12 bits per heavy atom. The molecule has 0 spiro atoms. The molecule has 0 bridgehead atoms. The van der Waals surface area contributed by atoms with Crippen molar-refractivity contribution in [3.63, 3.8) is 0 Å². The van der Waals surface area contributed by atoms with Gasteiger partial charge in [0.1, 0.15) is 0 Å². The zero-order valence-electron chi connectivity index (χ0n) is 19.3. The van der Waals surface area contributed by atoms with Crippen LogP contribution in [0, 0.1) is 11.3 Å². The summed E-state index contributed by atoms with van der Waals surface area (Å²) >= 11 is 0. The fraction of sp³-hybridized carbons (Fsp3) is 0.636. The Balaban J connectivity index is 0.00000466. The molecular weight excluding hydrogens is 416 g/mol. The highest BCUT2D eigenvalue weighted by Crippen LogP contribution is 2.03. The molecule has 3 amide bonds. The molecule has 0 aromatic heterocycles. The molecule has 0 aromatic carbocycles. The van der Waals surface area contributed by atoms with E-state index in [4.69, 9.17) is 19.6 Å². The maximum atomic E-state index is 11.7. The van der Waals surface area contributed by atoms with Gasteiger partial charge in [-0.05, 0) is 18.8 Å². The summed E-state index contributed by atoms with van der Waals surface area (Å²) < 4.78 is 16.2. The predicted octanol–water partition coefficient (Wildman–Crippen LogP) is 0.883. The Bertz CT molecular complexity index is 579. The first-order valence-electron chi connectivity index (χ1n) is 10.8. The Morgan fingerprint density at radius 2 is 1.56 bits per heavy atom. The first kappa shape index (κ1) is 29.4. The van der Waals surface area contributed by atoms with Gasteiger partial charge in [0.25, 0.3) is 11.8 Å². The molecule has 0 fully saturated rings. The molecule has 0 aliphatic carbocycles. The fourth-order valence-corrected chi connectivity index (χ4v) is 2.34. The first-order chi connectivity index (χ1) is 15.5. The number of allylic oxidation sites excluding steroid dienone is 1. The van der Waals surface area contributed by atoms with Crippen LogP contribution in [-0.2, 0) is 28.6 Å². The number of carbonyl (C=O) groups is 3. The molecule has 32 heavy (non-hydrogen) atoms. The van der Waals surface area contributed by atoms with Crippen molar-refractivity contribution in [3.05, 3.63) is 24.4 Å². The topological polar surface area (TPSA) is 130 Å². The van der Waals surface area contributed by atoms with E-state index in [9.17, 15) is 14.4 Å². The van der Waals surface area contributed by atoms with E-state index in [1.165, 1.54) is 12.2 Å². The van der Waals surface area contributed by atoms with Gasteiger partial charge in [0.05, 0.1) is 39.6 Å². The molecule has 10 heteroatoms. The highest BCUT2D eigenvalue weighted by molar-refractivity contribution is 6.13. The van der Waals surface area contributed by atoms with Crippen LogP contribution in [0.1, 0.15) is 26.7 Å². The third kappa shape index (κ3) is 15.3. The third-order valence-electron chi connectivity index (χ3n) is 4.35. The van der Waals surface area contributed by atoms with Gasteiger partial charge in [0.2, 0.25) is 5.91 Å². The number of rotatable bonds is 18. The van der Waals surface area contributed by atoms with E-state index in [-0.39, 0.29) is 30.7 Å². The number of hydrogen-bond acceptors (Lipinski definition) is 8. The minimum Gasteiger partial charge on any atom is -0.389 e. The van der Waals surface area contributed by atoms with Crippen LogP contribution >= 0.6 is 0 Å². The quantitative estimate of drug-likeness (QED) is 0.159. The van der Waals surface area contributed by atoms with Gasteiger partial charge in [-0.1, -0.05) is 26.3 Å². The summed E-state index contributed by atoms with van der Waals surface area (Å²) in [5.74, 6) is -0.411. The summed E-state index contributed by atoms with van der Waals surface area (Å²) in [7, 11) is 0. The van der Waals surface area contributed by atoms with E-state index in [1.807, 2.05) is 6.20 Å². The van der Waals surface area contributed by atoms with Crippen molar-refractivity contribution >= 4 is 24.4 Å². The van der Waals surface area contributed by atoms with E-state index in [0.717, 1.165) is 17.9 Å². The van der Waals surface area contributed by atoms with Crippen LogP contribution in [0.25, 0.3) is 0 Å². The van der Waals surface area contributed by atoms with Crippen LogP contribution in [0.5, 0.6) is 0 Å². The van der Waals surface area contributed by atoms with Crippen molar-refractivity contribution in [2.75, 3.05) is 59.3 Å². The maximum Gasteiger partial charge on any atom is 0.253 e. The highest BCUT2D eigenvalue weighted by atomic mass is 16.5. The fourth-order valence-electron chi connectivity index (χ4n) is 2.34. The number of amides is 3. The summed E-state index contributed by atoms with van der Waals surface area (Å²) in [6.45, 7) is 11.0. The summed E-state index contributed by atoms with van der Waals surface area (Å²) in [6.07, 6.45) is 7.73. The van der Waals surface area contributed by atoms with Gasteiger partial charge >= 0.3 is 0 Å². The lowest BCUT2D eigenvalue weighted by atomic mass is 10.1. The van der Waals surface area contributed by atoms with Gasteiger partial charge in [0.15, 0.2) is 0 Å². The van der Waals surface area contributed by atoms with Crippen LogP contribution in [-0.4, -0.2) is 88.6 Å². The van der Waals surface area contributed by atoms with E-state index in [2.05, 4.69) is 37.3 Å². The Kier molecular flexibility index (Phi) is 18.7. The van der Waals surface area contributed by atoms with E-state index < -0.39 is 0 Å². The molecule has 3 N–H and O–H groups in total. The predicted molar refractivity (Wildman–Crippen MR) is 122 cm³/mol. The van der Waals surface area contributed by atoms with Crippen LogP contribution in [0.15, 0.2) is 24.4 Å². The summed E-state index contributed by atoms with van der Waals surface area (Å²) in [4.78, 5) is 35.5. The van der Waals surface area contributed by atoms with Crippen LogP contribution in [0.4, 0.5) is 0 Å². The van der Waals surface area contributed by atoms with Gasteiger partial charge in [-0.2, -0.15) is 0 Å². The minimum absolute atomic E-state index is 0.0753. The Labute approximate surface area is 190 Å². The zero-order valence-corrected chi connectivity index (χ0v) is 19.3. The van der Waals surface area contributed by atoms with Gasteiger partial charge in [-0.25, -0.2) is 0 Å². The smallest absolute Gasteiger partial charge is 0.253 e. The largest absolute Gasteiger partial charge is 0.389 e. The van der Waals surface area contributed by atoms with Crippen LogP contribution in [0.2, 0.25) is 0 Å². The van der Waals surface area contributed by atoms with Crippen LogP contribution < -0.4 is 10.6 Å². The molecule has 1 heterocycles. The molecule has 1 aliphatic heterocycles. The molecule has 0 saturated carbocycles. The normalized spacial score (nSPS) is 13.9. The second-order valence-corrected chi connectivity index (χ2v) is 6.80. The summed E-state index contributed by atoms with van der Waals surface area (Å²) in [5, 5.41) is 11.4. The average molecular weight is 455 g/mol. The van der Waals surface area contributed by atoms with Crippen molar-refractivity contribution < 1.29 is 28.6 Å². The molecular formula is C22H38N4O6. The highest BCUT2D eigenvalue weighted by Gasteiger charge is 2.23. The van der Waals surface area contributed by atoms with Crippen LogP contribution in [0.3, 0.4) is 0 Å². The molecule has 10 nitrogen and oxygen atoms in total. The number of nitrogens with zero attached hydrogens (tertiary/aromatic N) is 1. The first-order valence-corrected chi connectivity index (χ1v) is 10.8.